The largest absolute Gasteiger partial charge is 0.408 e. The summed E-state index contributed by atoms with van der Waals surface area (Å²) in [4.78, 5) is 26.7. The van der Waals surface area contributed by atoms with Crippen LogP contribution >= 0.6 is 45.2 Å². The lowest BCUT2D eigenvalue weighted by Gasteiger charge is -2.51. The fourth-order valence-electron chi connectivity index (χ4n) is 23.5. The van der Waals surface area contributed by atoms with Gasteiger partial charge >= 0.3 is 0 Å². The predicted molar refractivity (Wildman–Crippen MR) is 577 cm³/mol. The molecule has 10 fully saturated rings. The van der Waals surface area contributed by atoms with Crippen LogP contribution in [0, 0.1) is 59.2 Å². The minimum absolute atomic E-state index is 0.00900. The maximum atomic E-state index is 15.4. The number of ketones is 1. The number of fused-ring (bicyclic) bond motifs is 2. The third kappa shape index (κ3) is 28.8. The molecule has 792 valence electrons. The lowest BCUT2D eigenvalue weighted by molar-refractivity contribution is -0.240. The van der Waals surface area contributed by atoms with Crippen molar-refractivity contribution in [2.45, 2.75) is 474 Å². The van der Waals surface area contributed by atoms with Crippen molar-refractivity contribution in [1.82, 2.24) is 0 Å². The van der Waals surface area contributed by atoms with Gasteiger partial charge in [-0.05, 0) is 260 Å². The van der Waals surface area contributed by atoms with E-state index in [0.29, 0.717) is 70.1 Å². The van der Waals surface area contributed by atoms with Crippen molar-refractivity contribution in [2.75, 3.05) is 20.8 Å². The first-order valence-electron chi connectivity index (χ1n) is 53.1. The zero-order valence-electron chi connectivity index (χ0n) is 88.7. The average Bonchev–Trinajstić information content (AvgIpc) is 1.61. The number of carbonyl (C=O) groups excluding carboxylic acids is 2. The molecule has 28 heteroatoms. The van der Waals surface area contributed by atoms with Gasteiger partial charge in [0.1, 0.15) is 11.5 Å². The van der Waals surface area contributed by atoms with Crippen LogP contribution in [-0.4, -0.2) is 240 Å². The van der Waals surface area contributed by atoms with Crippen molar-refractivity contribution in [3.63, 3.8) is 0 Å². The molecule has 9 unspecified atom stereocenters. The van der Waals surface area contributed by atoms with Gasteiger partial charge in [0.2, 0.25) is 0 Å². The normalized spacial score (nSPS) is 36.0. The Morgan fingerprint density at radius 1 is 0.514 bits per heavy atom. The molecule has 10 saturated heterocycles. The van der Waals surface area contributed by atoms with Crippen molar-refractivity contribution in [3.8, 4) is 0 Å². The highest BCUT2D eigenvalue weighted by Gasteiger charge is 2.61. The molecule has 12 rings (SSSR count). The molecule has 10 aliphatic rings. The smallest absolute Gasteiger partial charge is 0.193 e. The number of aldehydes is 1. The van der Waals surface area contributed by atoms with E-state index in [1.54, 1.807) is 68.8 Å². The van der Waals surface area contributed by atoms with Crippen molar-refractivity contribution in [1.29, 1.82) is 0 Å². The molecule has 10 aliphatic heterocycles. The zero-order chi connectivity index (χ0) is 103. The van der Waals surface area contributed by atoms with Crippen LogP contribution in [0.4, 0.5) is 0 Å². The van der Waals surface area contributed by atoms with Crippen LogP contribution in [0.3, 0.4) is 0 Å². The number of aliphatic hydroxyl groups excluding tert-OH is 2. The van der Waals surface area contributed by atoms with E-state index in [0.717, 1.165) is 106 Å². The van der Waals surface area contributed by atoms with Gasteiger partial charge in [-0.25, -0.2) is 16.8 Å². The topological polar surface area (TPSA) is 272 Å². The number of benzene rings is 2. The standard InChI is InChI=1S/C56H91IO11SSi.C56H87IO11SSi/c2*1-14-34(2)29-50-54(62-11)51(49(66-50)33-48-37(5)35(3)30-41(64-48)22-24-45-36(4)31-40(63-45)19-18-28-58)55(69(60,61)43-20-16-15-17-21-43)44(59)32-42-23-25-46-52(65-42)38(6)39(7)53(67-46)47(26-27-57)68-70(12,13)56(8,9)10/h15-17,20-21,26-27,34-35,38-42,44-55,58-59H,4-5,14,18-19,22-25,28-33H2,1-3,6-13H3;15-17,20-21,26-28,34-35,38-42,45-55H,4-5,14,18-19,22-25,29-33H2,1-3,6-13H3/b2*27-26+/t34-,35-,38-,39+,40+,41+,42?,44?,45+,46?,47+,48-,49+,50-,51+,52?,53-,54+,55?;34-,35-,38-,39+,40+,41+,42?,45+,46?,47+,48-,49+,50-,51+,52?,53-,54+,55?/m11/s1. The molecule has 0 bridgehead atoms. The van der Waals surface area contributed by atoms with Crippen LogP contribution < -0.4 is 0 Å². The summed E-state index contributed by atoms with van der Waals surface area (Å²) in [5.74, 6) is -0.635. The molecule has 0 saturated carbocycles. The summed E-state index contributed by atoms with van der Waals surface area (Å²) >= 11 is 4.54. The molecule has 2 aromatic rings. The Labute approximate surface area is 872 Å². The van der Waals surface area contributed by atoms with E-state index in [1.165, 1.54) is 0 Å². The van der Waals surface area contributed by atoms with Gasteiger partial charge < -0.3 is 80.7 Å². The third-order valence-corrected chi connectivity index (χ3v) is 49.0. The molecule has 22 nitrogen and oxygen atoms in total. The zero-order valence-corrected chi connectivity index (χ0v) is 96.6. The lowest BCUT2D eigenvalue weighted by atomic mass is 9.77. The molecule has 140 heavy (non-hydrogen) atoms. The highest BCUT2D eigenvalue weighted by Crippen LogP contribution is 2.52. The summed E-state index contributed by atoms with van der Waals surface area (Å²) in [5, 5.41) is 19.5. The second kappa shape index (κ2) is 51.9. The van der Waals surface area contributed by atoms with E-state index < -0.39 is 120 Å². The molecule has 2 aromatic carbocycles. The molecular formula is C112H178I2O22S2Si2. The number of aliphatic hydroxyl groups is 2. The molecular weight excluding hydrogens is 2070 g/mol. The maximum absolute atomic E-state index is 15.4. The lowest BCUT2D eigenvalue weighted by Crippen LogP contribution is -2.59. The van der Waals surface area contributed by atoms with Gasteiger partial charge in [-0.3, -0.25) is 4.79 Å². The molecule has 37 atom stereocenters. The number of carbonyl (C=O) groups is 2. The van der Waals surface area contributed by atoms with Crippen LogP contribution in [0.15, 0.2) is 139 Å². The monoisotopic (exact) mass is 2250 g/mol. The van der Waals surface area contributed by atoms with Crippen molar-refractivity contribution >= 4 is 93.6 Å². The van der Waals surface area contributed by atoms with Gasteiger partial charge in [0, 0.05) is 64.8 Å². The first kappa shape index (κ1) is 118. The highest BCUT2D eigenvalue weighted by molar-refractivity contribution is 14.1. The van der Waals surface area contributed by atoms with Crippen LogP contribution in [-0.2, 0) is 95.0 Å². The molecule has 0 radical (unpaired) electrons. The third-order valence-electron chi connectivity index (χ3n) is 34.8. The van der Waals surface area contributed by atoms with Crippen LogP contribution in [0.5, 0.6) is 0 Å². The number of hydrogen-bond donors (Lipinski definition) is 2. The Hall–Kier alpha value is -2.63. The molecule has 2 N–H and O–H groups in total. The van der Waals surface area contributed by atoms with Gasteiger partial charge in [0.15, 0.2) is 42.1 Å². The first-order chi connectivity index (χ1) is 66.1. The van der Waals surface area contributed by atoms with Crippen molar-refractivity contribution < 1.29 is 102 Å². The second-order valence-electron chi connectivity index (χ2n) is 46.6. The fourth-order valence-corrected chi connectivity index (χ4v) is 31.0. The summed E-state index contributed by atoms with van der Waals surface area (Å²) < 4.78 is 161. The number of Topliss-reactive ketones (excluding diaryl/α,β-unsaturated/α-hetero) is 1. The molecule has 0 amide bonds. The van der Waals surface area contributed by atoms with Gasteiger partial charge in [-0.1, -0.05) is 232 Å². The maximum Gasteiger partial charge on any atom is 0.193 e. The fraction of sp³-hybridized carbons (Fsp3) is 0.768. The molecule has 0 spiro atoms. The number of sulfone groups is 2. The Balaban J connectivity index is 0.000000268. The Morgan fingerprint density at radius 2 is 0.929 bits per heavy atom. The second-order valence-corrected chi connectivity index (χ2v) is 61.7. The minimum Gasteiger partial charge on any atom is -0.408 e. The van der Waals surface area contributed by atoms with Gasteiger partial charge in [0.05, 0.1) is 168 Å². The number of halogens is 2. The van der Waals surface area contributed by atoms with Gasteiger partial charge in [-0.2, -0.15) is 0 Å². The van der Waals surface area contributed by atoms with Crippen LogP contribution in [0.25, 0.3) is 0 Å². The molecule has 10 heterocycles. The van der Waals surface area contributed by atoms with Crippen molar-refractivity contribution in [3.05, 3.63) is 130 Å². The Kier molecular flexibility index (Phi) is 43.6. The van der Waals surface area contributed by atoms with Crippen LogP contribution in [0.2, 0.25) is 36.3 Å². The number of ether oxygens (including phenoxy) is 12. The van der Waals surface area contributed by atoms with E-state index in [9.17, 15) is 15.0 Å². The number of rotatable bonds is 44. The summed E-state index contributed by atoms with van der Waals surface area (Å²) in [6.07, 6.45) is 12.6. The highest BCUT2D eigenvalue weighted by atomic mass is 127. The van der Waals surface area contributed by atoms with E-state index in [4.69, 9.17) is 65.7 Å². The summed E-state index contributed by atoms with van der Waals surface area (Å²) in [6.45, 7) is 62.4. The molecule has 0 aliphatic carbocycles. The molecule has 0 aromatic heterocycles. The predicted octanol–water partition coefficient (Wildman–Crippen LogP) is 23.1. The number of hydrogen-bond acceptors (Lipinski definition) is 22. The first-order valence-corrected chi connectivity index (χ1v) is 64.5. The van der Waals surface area contributed by atoms with Gasteiger partial charge in [0.25, 0.3) is 0 Å². The summed E-state index contributed by atoms with van der Waals surface area (Å²) in [6, 6.07) is 16.9. The van der Waals surface area contributed by atoms with E-state index >= 15 is 21.6 Å². The van der Waals surface area contributed by atoms with E-state index in [-0.39, 0.29) is 178 Å². The minimum atomic E-state index is -4.28. The van der Waals surface area contributed by atoms with Crippen molar-refractivity contribution in [2.24, 2.45) is 59.2 Å². The Morgan fingerprint density at radius 3 is 1.35 bits per heavy atom. The van der Waals surface area contributed by atoms with E-state index in [1.807, 2.05) is 14.2 Å². The average molecular weight is 2250 g/mol. The van der Waals surface area contributed by atoms with Gasteiger partial charge in [-0.15, -0.1) is 0 Å². The SMILES string of the molecule is C=C1C[C@H](CCC=O)O[C@H]1CC[C@H]1C[C@@H](C)C(=C)[C@@H](C[C@@H]2O[C@H](C[C@H](C)CC)[C@H](OC)[C@H]2C(C(=O)CC2CCC3O[C@@H]([C@H](/C=C/I)O[Si](C)(C)C(C)(C)C)[C@@H](C)[C@@H](C)C3O2)S(=O)(=O)c2ccccc2)O1.C=C1C[C@H](CCCO)O[C@H]1CC[C@H]1C[C@@H](C)C(=C)[C@@H](C[C@@H]2O[C@H](C[C@H](C)CC)[C@H](OC)[C@H]2C(C(O)CC2CCC3O[C@@H]([C@H](/C=C/I)O[Si](C)(C)C(C)(C)C)[C@@H](C)[C@@H](C)C3O2)S(=O)(=O)c2ccccc2)O1. The Bertz CT molecular complexity index is 4600. The summed E-state index contributed by atoms with van der Waals surface area (Å²) in [5.41, 5.74) is 4.07. The van der Waals surface area contributed by atoms with E-state index in [2.05, 4.69) is 221 Å². The number of methoxy groups -OCH3 is 2. The van der Waals surface area contributed by atoms with Crippen LogP contribution in [0.1, 0.15) is 265 Å². The quantitative estimate of drug-likeness (QED) is 0.0270. The summed E-state index contributed by atoms with van der Waals surface area (Å²) in [7, 11) is -9.46.